The van der Waals surface area contributed by atoms with Crippen LogP contribution in [-0.4, -0.2) is 25.0 Å². The molecule has 1 atom stereocenters. The van der Waals surface area contributed by atoms with Gasteiger partial charge >= 0.3 is 0 Å². The molecule has 0 heterocycles. The van der Waals surface area contributed by atoms with Crippen LogP contribution >= 0.6 is 0 Å². The summed E-state index contributed by atoms with van der Waals surface area (Å²) in [7, 11) is 0. The normalized spacial score (nSPS) is 12.4. The van der Waals surface area contributed by atoms with E-state index in [1.165, 1.54) is 25.7 Å². The van der Waals surface area contributed by atoms with E-state index in [0.29, 0.717) is 6.54 Å². The lowest BCUT2D eigenvalue weighted by molar-refractivity contribution is -0.122. The molecule has 0 bridgehead atoms. The van der Waals surface area contributed by atoms with Gasteiger partial charge in [-0.3, -0.25) is 4.79 Å². The molecule has 0 aromatic heterocycles. The fourth-order valence-electron chi connectivity index (χ4n) is 1.77. The van der Waals surface area contributed by atoms with Crippen LogP contribution in [0.4, 0.5) is 0 Å². The summed E-state index contributed by atoms with van der Waals surface area (Å²) in [6.07, 6.45) is 8.05. The minimum absolute atomic E-state index is 0.0507. The molecule has 0 aliphatic carbocycles. The van der Waals surface area contributed by atoms with Crippen molar-refractivity contribution in [2.24, 2.45) is 5.92 Å². The lowest BCUT2D eigenvalue weighted by Crippen LogP contribution is -2.42. The van der Waals surface area contributed by atoms with Gasteiger partial charge in [-0.2, -0.15) is 0 Å². The molecular weight excluding hydrogens is 224 g/mol. The molecule has 0 rings (SSSR count). The molecule has 0 spiro atoms. The van der Waals surface area contributed by atoms with E-state index in [4.69, 9.17) is 0 Å². The van der Waals surface area contributed by atoms with Crippen LogP contribution in [0.3, 0.4) is 0 Å². The molecule has 18 heavy (non-hydrogen) atoms. The second-order valence-electron chi connectivity index (χ2n) is 5.31. The zero-order valence-electron chi connectivity index (χ0n) is 12.3. The number of rotatable bonds is 11. The van der Waals surface area contributed by atoms with Gasteiger partial charge in [-0.15, -0.1) is 6.58 Å². The maximum atomic E-state index is 11.5. The van der Waals surface area contributed by atoms with Crippen molar-refractivity contribution in [1.82, 2.24) is 10.6 Å². The summed E-state index contributed by atoms with van der Waals surface area (Å²) in [6, 6.07) is -0.111. The van der Waals surface area contributed by atoms with Crippen LogP contribution in [0.15, 0.2) is 12.7 Å². The highest BCUT2D eigenvalue weighted by atomic mass is 16.2. The van der Waals surface area contributed by atoms with Gasteiger partial charge in [0.25, 0.3) is 0 Å². The molecule has 0 aliphatic heterocycles. The SMILES string of the molecule is C=CCNC(=O)C(C)NCCCCCCC(C)C. The lowest BCUT2D eigenvalue weighted by Gasteiger charge is -2.13. The first kappa shape index (κ1) is 17.2. The van der Waals surface area contributed by atoms with Crippen molar-refractivity contribution in [3.63, 3.8) is 0 Å². The van der Waals surface area contributed by atoms with Gasteiger partial charge < -0.3 is 10.6 Å². The zero-order valence-corrected chi connectivity index (χ0v) is 12.3. The van der Waals surface area contributed by atoms with Crippen LogP contribution in [-0.2, 0) is 4.79 Å². The Hall–Kier alpha value is -0.830. The van der Waals surface area contributed by atoms with Crippen LogP contribution in [0.2, 0.25) is 0 Å². The lowest BCUT2D eigenvalue weighted by atomic mass is 10.0. The topological polar surface area (TPSA) is 41.1 Å². The first-order valence-corrected chi connectivity index (χ1v) is 7.20. The number of hydrogen-bond donors (Lipinski definition) is 2. The Bertz CT molecular complexity index is 227. The smallest absolute Gasteiger partial charge is 0.237 e. The first-order valence-electron chi connectivity index (χ1n) is 7.20. The van der Waals surface area contributed by atoms with Crippen molar-refractivity contribution in [3.8, 4) is 0 Å². The molecule has 0 radical (unpaired) electrons. The molecule has 0 aromatic rings. The third kappa shape index (κ3) is 10.3. The van der Waals surface area contributed by atoms with Crippen molar-refractivity contribution < 1.29 is 4.79 Å². The Morgan fingerprint density at radius 3 is 2.44 bits per heavy atom. The number of unbranched alkanes of at least 4 members (excludes halogenated alkanes) is 3. The molecule has 2 N–H and O–H groups in total. The number of carbonyl (C=O) groups is 1. The third-order valence-electron chi connectivity index (χ3n) is 2.97. The number of hydrogen-bond acceptors (Lipinski definition) is 2. The Labute approximate surface area is 112 Å². The van der Waals surface area contributed by atoms with Gasteiger partial charge in [0.2, 0.25) is 5.91 Å². The summed E-state index contributed by atoms with van der Waals surface area (Å²) < 4.78 is 0. The van der Waals surface area contributed by atoms with Gasteiger partial charge in [-0.25, -0.2) is 0 Å². The standard InChI is InChI=1S/C15H30N2O/c1-5-11-17-15(18)14(4)16-12-9-7-6-8-10-13(2)3/h5,13-14,16H,1,6-12H2,2-4H3,(H,17,18). The molecule has 106 valence electrons. The van der Waals surface area contributed by atoms with Gasteiger partial charge in [0.1, 0.15) is 0 Å². The number of carbonyl (C=O) groups excluding carboxylic acids is 1. The number of nitrogens with one attached hydrogen (secondary N) is 2. The van der Waals surface area contributed by atoms with Crippen molar-refractivity contribution in [2.75, 3.05) is 13.1 Å². The van der Waals surface area contributed by atoms with Gasteiger partial charge in [0.15, 0.2) is 0 Å². The first-order chi connectivity index (χ1) is 8.57. The van der Waals surface area contributed by atoms with Crippen molar-refractivity contribution in [2.45, 2.75) is 58.9 Å². The summed E-state index contributed by atoms with van der Waals surface area (Å²) in [4.78, 5) is 11.5. The van der Waals surface area contributed by atoms with Crippen molar-refractivity contribution >= 4 is 5.91 Å². The Balaban J connectivity index is 3.37. The highest BCUT2D eigenvalue weighted by Gasteiger charge is 2.09. The molecular formula is C15H30N2O. The Morgan fingerprint density at radius 2 is 1.83 bits per heavy atom. The van der Waals surface area contributed by atoms with E-state index in [2.05, 4.69) is 31.1 Å². The zero-order chi connectivity index (χ0) is 13.8. The quantitative estimate of drug-likeness (QED) is 0.440. The van der Waals surface area contributed by atoms with E-state index in [0.717, 1.165) is 18.9 Å². The third-order valence-corrected chi connectivity index (χ3v) is 2.97. The molecule has 3 heteroatoms. The summed E-state index contributed by atoms with van der Waals surface area (Å²) in [6.45, 7) is 11.5. The monoisotopic (exact) mass is 254 g/mol. The fraction of sp³-hybridized carbons (Fsp3) is 0.800. The fourth-order valence-corrected chi connectivity index (χ4v) is 1.77. The van der Waals surface area contributed by atoms with E-state index < -0.39 is 0 Å². The maximum Gasteiger partial charge on any atom is 0.237 e. The van der Waals surface area contributed by atoms with Gasteiger partial charge in [0, 0.05) is 6.54 Å². The minimum atomic E-state index is -0.111. The van der Waals surface area contributed by atoms with Gasteiger partial charge in [-0.05, 0) is 25.8 Å². The molecule has 1 unspecified atom stereocenters. The average Bonchev–Trinajstić information content (AvgIpc) is 2.34. The molecule has 0 saturated carbocycles. The second kappa shape index (κ2) is 11.3. The molecule has 1 amide bonds. The largest absolute Gasteiger partial charge is 0.351 e. The predicted octanol–water partition coefficient (Wildman–Crippen LogP) is 2.87. The Morgan fingerprint density at radius 1 is 1.17 bits per heavy atom. The van der Waals surface area contributed by atoms with E-state index in [-0.39, 0.29) is 11.9 Å². The van der Waals surface area contributed by atoms with Crippen LogP contribution in [0.5, 0.6) is 0 Å². The van der Waals surface area contributed by atoms with Gasteiger partial charge in [-0.1, -0.05) is 45.6 Å². The van der Waals surface area contributed by atoms with E-state index >= 15 is 0 Å². The summed E-state index contributed by atoms with van der Waals surface area (Å²) in [5.74, 6) is 0.867. The van der Waals surface area contributed by atoms with Crippen molar-refractivity contribution in [1.29, 1.82) is 0 Å². The van der Waals surface area contributed by atoms with Crippen molar-refractivity contribution in [3.05, 3.63) is 12.7 Å². The molecule has 0 saturated heterocycles. The molecule has 0 fully saturated rings. The maximum absolute atomic E-state index is 11.5. The van der Waals surface area contributed by atoms with Gasteiger partial charge in [0.05, 0.1) is 6.04 Å². The molecule has 0 aromatic carbocycles. The average molecular weight is 254 g/mol. The summed E-state index contributed by atoms with van der Waals surface area (Å²) >= 11 is 0. The van der Waals surface area contributed by atoms with Crippen LogP contribution in [0, 0.1) is 5.92 Å². The highest BCUT2D eigenvalue weighted by molar-refractivity contribution is 5.81. The summed E-state index contributed by atoms with van der Waals surface area (Å²) in [5, 5.41) is 6.03. The van der Waals surface area contributed by atoms with E-state index in [1.807, 2.05) is 6.92 Å². The molecule has 0 aliphatic rings. The summed E-state index contributed by atoms with van der Waals surface area (Å²) in [5.41, 5.74) is 0. The minimum Gasteiger partial charge on any atom is -0.351 e. The number of amides is 1. The van der Waals surface area contributed by atoms with Crippen LogP contribution in [0.1, 0.15) is 52.9 Å². The second-order valence-corrected chi connectivity index (χ2v) is 5.31. The Kier molecular flexibility index (Phi) is 10.8. The van der Waals surface area contributed by atoms with E-state index in [1.54, 1.807) is 6.08 Å². The predicted molar refractivity (Wildman–Crippen MR) is 78.6 cm³/mol. The van der Waals surface area contributed by atoms with E-state index in [9.17, 15) is 4.79 Å². The molecule has 3 nitrogen and oxygen atoms in total. The van der Waals surface area contributed by atoms with Crippen LogP contribution in [0.25, 0.3) is 0 Å². The van der Waals surface area contributed by atoms with Crippen LogP contribution < -0.4 is 10.6 Å². The highest BCUT2D eigenvalue weighted by Crippen LogP contribution is 2.08.